The Hall–Kier alpha value is -1.58. The van der Waals surface area contributed by atoms with E-state index in [1.54, 1.807) is 7.11 Å². The van der Waals surface area contributed by atoms with Crippen molar-refractivity contribution in [3.63, 3.8) is 0 Å². The van der Waals surface area contributed by atoms with E-state index in [1.807, 2.05) is 54.6 Å². The molecule has 0 atom stereocenters. The van der Waals surface area contributed by atoms with E-state index in [9.17, 15) is 0 Å². The minimum atomic E-state index is 0.693. The van der Waals surface area contributed by atoms with Gasteiger partial charge in [0, 0.05) is 0 Å². The monoisotopic (exact) mass is 272 g/mol. The lowest BCUT2D eigenvalue weighted by Crippen LogP contribution is -2.11. The molecular weight excluding hydrogens is 260 g/mol. The van der Waals surface area contributed by atoms with E-state index in [-0.39, 0.29) is 0 Å². The summed E-state index contributed by atoms with van der Waals surface area (Å²) in [7, 11) is 1.64. The molecule has 2 aromatic rings. The highest BCUT2D eigenvalue weighted by atomic mass is 32.1. The second kappa shape index (κ2) is 5.85. The highest BCUT2D eigenvalue weighted by molar-refractivity contribution is 7.90. The highest BCUT2D eigenvalue weighted by Gasteiger charge is 2.09. The van der Waals surface area contributed by atoms with Crippen LogP contribution in [0.15, 0.2) is 54.6 Å². The third-order valence-corrected chi connectivity index (χ3v) is 3.60. The first kappa shape index (κ1) is 12.9. The fourth-order valence-electron chi connectivity index (χ4n) is 1.59. The number of benzene rings is 2. The highest BCUT2D eigenvalue weighted by Crippen LogP contribution is 2.15. The minimum Gasteiger partial charge on any atom is -0.497 e. The van der Waals surface area contributed by atoms with E-state index in [4.69, 9.17) is 29.2 Å². The van der Waals surface area contributed by atoms with E-state index in [1.165, 1.54) is 0 Å². The van der Waals surface area contributed by atoms with Crippen LogP contribution in [0.3, 0.4) is 0 Å². The number of thiocarbonyl (C=S) groups is 2. The van der Waals surface area contributed by atoms with Crippen LogP contribution in [0.1, 0.15) is 11.1 Å². The SMILES string of the molecule is COc1ccc(C(=S)C(=S)c2ccccc2)cc1. The molecule has 3 heteroatoms. The third kappa shape index (κ3) is 2.81. The first-order valence-electron chi connectivity index (χ1n) is 5.50. The molecule has 0 N–H and O–H groups in total. The predicted octanol–water partition coefficient (Wildman–Crippen LogP) is 3.83. The summed E-state index contributed by atoms with van der Waals surface area (Å²) in [4.78, 5) is 1.40. The molecule has 0 fully saturated rings. The molecule has 2 rings (SSSR count). The molecule has 0 bridgehead atoms. The van der Waals surface area contributed by atoms with Crippen molar-refractivity contribution in [2.24, 2.45) is 0 Å². The van der Waals surface area contributed by atoms with Gasteiger partial charge >= 0.3 is 0 Å². The summed E-state index contributed by atoms with van der Waals surface area (Å²) in [6, 6.07) is 17.4. The van der Waals surface area contributed by atoms with Crippen molar-refractivity contribution in [3.05, 3.63) is 65.7 Å². The summed E-state index contributed by atoms with van der Waals surface area (Å²) in [6.45, 7) is 0. The van der Waals surface area contributed by atoms with Gasteiger partial charge in [-0.05, 0) is 35.4 Å². The normalized spacial score (nSPS) is 9.83. The van der Waals surface area contributed by atoms with Crippen LogP contribution in [-0.4, -0.2) is 16.8 Å². The number of hydrogen-bond donors (Lipinski definition) is 0. The molecule has 0 unspecified atom stereocenters. The lowest BCUT2D eigenvalue weighted by molar-refractivity contribution is 0.415. The van der Waals surface area contributed by atoms with Crippen molar-refractivity contribution >= 4 is 34.2 Å². The Morgan fingerprint density at radius 3 is 1.78 bits per heavy atom. The molecule has 2 aromatic carbocycles. The standard InChI is InChI=1S/C15H12OS2/c1-16-13-9-7-12(8-10-13)15(18)14(17)11-5-3-2-4-6-11/h2-10H,1H3. The molecule has 90 valence electrons. The Labute approximate surface area is 117 Å². The average Bonchev–Trinajstić information content (AvgIpc) is 2.47. The van der Waals surface area contributed by atoms with Gasteiger partial charge in [0.25, 0.3) is 0 Å². The van der Waals surface area contributed by atoms with E-state index < -0.39 is 0 Å². The van der Waals surface area contributed by atoms with Crippen molar-refractivity contribution in [2.45, 2.75) is 0 Å². The molecule has 0 spiro atoms. The zero-order valence-corrected chi connectivity index (χ0v) is 11.6. The first-order valence-corrected chi connectivity index (χ1v) is 6.32. The van der Waals surface area contributed by atoms with Gasteiger partial charge in [0.2, 0.25) is 0 Å². The van der Waals surface area contributed by atoms with Crippen LogP contribution in [0.25, 0.3) is 0 Å². The number of ether oxygens (including phenoxy) is 1. The summed E-state index contributed by atoms with van der Waals surface area (Å²) in [6.07, 6.45) is 0. The Morgan fingerprint density at radius 2 is 1.28 bits per heavy atom. The third-order valence-electron chi connectivity index (χ3n) is 2.59. The van der Waals surface area contributed by atoms with Crippen molar-refractivity contribution in [2.75, 3.05) is 7.11 Å². The topological polar surface area (TPSA) is 9.23 Å². The molecule has 0 aromatic heterocycles. The smallest absolute Gasteiger partial charge is 0.118 e. The van der Waals surface area contributed by atoms with Crippen LogP contribution in [0.5, 0.6) is 5.75 Å². The number of methoxy groups -OCH3 is 1. The molecule has 1 nitrogen and oxygen atoms in total. The van der Waals surface area contributed by atoms with E-state index >= 15 is 0 Å². The van der Waals surface area contributed by atoms with Crippen LogP contribution < -0.4 is 4.74 Å². The zero-order chi connectivity index (χ0) is 13.0. The van der Waals surface area contributed by atoms with E-state index in [0.717, 1.165) is 16.9 Å². The molecule has 0 amide bonds. The zero-order valence-electron chi connectivity index (χ0n) is 9.92. The van der Waals surface area contributed by atoms with Crippen LogP contribution in [0, 0.1) is 0 Å². The Bertz CT molecular complexity index is 559. The second-order valence-corrected chi connectivity index (χ2v) is 4.57. The predicted molar refractivity (Wildman–Crippen MR) is 82.8 cm³/mol. The maximum Gasteiger partial charge on any atom is 0.118 e. The van der Waals surface area contributed by atoms with Gasteiger partial charge in [0.1, 0.15) is 5.75 Å². The lowest BCUT2D eigenvalue weighted by atomic mass is 10.0. The van der Waals surface area contributed by atoms with Gasteiger partial charge in [-0.3, -0.25) is 0 Å². The average molecular weight is 272 g/mol. The van der Waals surface area contributed by atoms with Crippen molar-refractivity contribution in [1.82, 2.24) is 0 Å². The quantitative estimate of drug-likeness (QED) is 0.618. The Morgan fingerprint density at radius 1 is 0.778 bits per heavy atom. The first-order chi connectivity index (χ1) is 8.72. The van der Waals surface area contributed by atoms with Crippen molar-refractivity contribution in [3.8, 4) is 5.75 Å². The summed E-state index contributed by atoms with van der Waals surface area (Å²) < 4.78 is 5.12. The lowest BCUT2D eigenvalue weighted by Gasteiger charge is -2.07. The van der Waals surface area contributed by atoms with E-state index in [0.29, 0.717) is 9.73 Å². The van der Waals surface area contributed by atoms with Crippen molar-refractivity contribution in [1.29, 1.82) is 0 Å². The minimum absolute atomic E-state index is 0.693. The van der Waals surface area contributed by atoms with Gasteiger partial charge in [-0.25, -0.2) is 0 Å². The summed E-state index contributed by atoms with van der Waals surface area (Å²) in [5.41, 5.74) is 1.92. The molecule has 0 saturated carbocycles. The number of rotatable bonds is 4. The summed E-state index contributed by atoms with van der Waals surface area (Å²) in [5, 5.41) is 0. The van der Waals surface area contributed by atoms with E-state index in [2.05, 4.69) is 0 Å². The fraction of sp³-hybridized carbons (Fsp3) is 0.0667. The molecule has 0 heterocycles. The largest absolute Gasteiger partial charge is 0.497 e. The van der Waals surface area contributed by atoms with Gasteiger partial charge in [-0.2, -0.15) is 0 Å². The fourth-order valence-corrected chi connectivity index (χ4v) is 2.10. The summed E-state index contributed by atoms with van der Waals surface area (Å²) in [5.74, 6) is 0.812. The maximum absolute atomic E-state index is 5.42. The molecule has 0 aliphatic carbocycles. The molecule has 0 aliphatic heterocycles. The van der Waals surface area contributed by atoms with Crippen LogP contribution in [0.4, 0.5) is 0 Å². The van der Waals surface area contributed by atoms with Gasteiger partial charge in [-0.15, -0.1) is 0 Å². The van der Waals surface area contributed by atoms with Gasteiger partial charge in [0.05, 0.1) is 16.8 Å². The van der Waals surface area contributed by atoms with Crippen LogP contribution >= 0.6 is 24.4 Å². The second-order valence-electron chi connectivity index (χ2n) is 3.75. The molecule has 18 heavy (non-hydrogen) atoms. The Kier molecular flexibility index (Phi) is 4.18. The Balaban J connectivity index is 2.23. The maximum atomic E-state index is 5.42. The molecular formula is C15H12OS2. The van der Waals surface area contributed by atoms with Crippen LogP contribution in [0.2, 0.25) is 0 Å². The van der Waals surface area contributed by atoms with Gasteiger partial charge < -0.3 is 4.74 Å². The number of hydrogen-bond acceptors (Lipinski definition) is 3. The molecule has 0 radical (unpaired) electrons. The van der Waals surface area contributed by atoms with Gasteiger partial charge in [0.15, 0.2) is 0 Å². The van der Waals surface area contributed by atoms with Crippen molar-refractivity contribution < 1.29 is 4.74 Å². The molecule has 0 aliphatic rings. The van der Waals surface area contributed by atoms with Crippen LogP contribution in [-0.2, 0) is 0 Å². The van der Waals surface area contributed by atoms with Gasteiger partial charge in [-0.1, -0.05) is 54.8 Å². The molecule has 0 saturated heterocycles. The summed E-state index contributed by atoms with van der Waals surface area (Å²) >= 11 is 10.8.